The van der Waals surface area contributed by atoms with Crippen LogP contribution >= 0.6 is 0 Å². The normalized spacial score (nSPS) is 27.8. The molecule has 0 aromatic carbocycles. The Kier molecular flexibility index (Phi) is 7.53. The van der Waals surface area contributed by atoms with Crippen LogP contribution < -0.4 is 5.32 Å². The fourth-order valence-electron chi connectivity index (χ4n) is 3.66. The van der Waals surface area contributed by atoms with E-state index in [1.165, 1.54) is 51.7 Å². The molecule has 2 heteroatoms. The molecule has 1 aliphatic carbocycles. The van der Waals surface area contributed by atoms with E-state index in [2.05, 4.69) is 51.9 Å². The monoisotopic (exact) mass is 282 g/mol. The van der Waals surface area contributed by atoms with Gasteiger partial charge in [0, 0.05) is 19.1 Å². The molecule has 1 saturated carbocycles. The van der Waals surface area contributed by atoms with Crippen LogP contribution in [0.2, 0.25) is 0 Å². The topological polar surface area (TPSA) is 15.3 Å². The molecule has 0 aliphatic heterocycles. The lowest BCUT2D eigenvalue weighted by Crippen LogP contribution is -2.47. The third-order valence-corrected chi connectivity index (χ3v) is 5.04. The van der Waals surface area contributed by atoms with E-state index < -0.39 is 0 Å². The molecule has 1 fully saturated rings. The smallest absolute Gasteiger partial charge is 0.0108 e. The standard InChI is InChI=1S/C18H38N2/c1-7-11-19-17-9-10-18(4,5)12-16(17)14-20(6)13-15(3)8-2/h15-17,19H,7-14H2,1-6H3. The second-order valence-corrected chi connectivity index (χ2v) is 7.96. The van der Waals surface area contributed by atoms with Crippen molar-refractivity contribution in [3.63, 3.8) is 0 Å². The van der Waals surface area contributed by atoms with Crippen LogP contribution in [0.3, 0.4) is 0 Å². The van der Waals surface area contributed by atoms with Gasteiger partial charge in [-0.2, -0.15) is 0 Å². The van der Waals surface area contributed by atoms with E-state index in [0.717, 1.165) is 17.9 Å². The molecule has 3 unspecified atom stereocenters. The predicted molar refractivity (Wildman–Crippen MR) is 90.2 cm³/mol. The summed E-state index contributed by atoms with van der Waals surface area (Å²) >= 11 is 0. The molecule has 0 aromatic heterocycles. The zero-order valence-electron chi connectivity index (χ0n) is 14.8. The van der Waals surface area contributed by atoms with Gasteiger partial charge in [-0.25, -0.2) is 0 Å². The van der Waals surface area contributed by atoms with Crippen molar-refractivity contribution in [2.24, 2.45) is 17.3 Å². The van der Waals surface area contributed by atoms with E-state index in [-0.39, 0.29) is 0 Å². The fourth-order valence-corrected chi connectivity index (χ4v) is 3.66. The van der Waals surface area contributed by atoms with E-state index >= 15 is 0 Å². The third-order valence-electron chi connectivity index (χ3n) is 5.04. The summed E-state index contributed by atoms with van der Waals surface area (Å²) in [6.07, 6.45) is 6.64. The molecule has 1 rings (SSSR count). The molecule has 1 aliphatic rings. The highest BCUT2D eigenvalue weighted by Gasteiger charge is 2.34. The Bertz CT molecular complexity index is 262. The van der Waals surface area contributed by atoms with Crippen LogP contribution in [0.1, 0.15) is 66.7 Å². The molecular formula is C18H38N2. The van der Waals surface area contributed by atoms with Crippen molar-refractivity contribution in [3.05, 3.63) is 0 Å². The Morgan fingerprint density at radius 3 is 2.60 bits per heavy atom. The van der Waals surface area contributed by atoms with Crippen molar-refractivity contribution in [1.29, 1.82) is 0 Å². The van der Waals surface area contributed by atoms with E-state index in [1.54, 1.807) is 0 Å². The molecule has 0 bridgehead atoms. The number of hydrogen-bond acceptors (Lipinski definition) is 2. The van der Waals surface area contributed by atoms with Crippen molar-refractivity contribution in [2.75, 3.05) is 26.7 Å². The Morgan fingerprint density at radius 2 is 2.00 bits per heavy atom. The molecule has 3 atom stereocenters. The first-order valence-corrected chi connectivity index (χ1v) is 8.80. The molecule has 0 heterocycles. The summed E-state index contributed by atoms with van der Waals surface area (Å²) in [6, 6.07) is 0.738. The minimum absolute atomic E-state index is 0.534. The van der Waals surface area contributed by atoms with Gasteiger partial charge in [0.1, 0.15) is 0 Å². The second-order valence-electron chi connectivity index (χ2n) is 7.96. The van der Waals surface area contributed by atoms with Gasteiger partial charge >= 0.3 is 0 Å². The fraction of sp³-hybridized carbons (Fsp3) is 1.00. The largest absolute Gasteiger partial charge is 0.314 e. The molecule has 0 aromatic rings. The van der Waals surface area contributed by atoms with Crippen molar-refractivity contribution >= 4 is 0 Å². The average molecular weight is 283 g/mol. The number of nitrogens with zero attached hydrogens (tertiary/aromatic N) is 1. The van der Waals surface area contributed by atoms with Crippen LogP contribution in [-0.2, 0) is 0 Å². The lowest BCUT2D eigenvalue weighted by atomic mass is 9.69. The van der Waals surface area contributed by atoms with Gasteiger partial charge in [0.25, 0.3) is 0 Å². The molecule has 0 saturated heterocycles. The highest BCUT2D eigenvalue weighted by molar-refractivity contribution is 4.90. The SMILES string of the molecule is CCCNC1CCC(C)(C)CC1CN(C)CC(C)CC. The maximum absolute atomic E-state index is 3.81. The van der Waals surface area contributed by atoms with Crippen LogP contribution in [0, 0.1) is 17.3 Å². The molecule has 20 heavy (non-hydrogen) atoms. The van der Waals surface area contributed by atoms with Gasteiger partial charge in [-0.3, -0.25) is 0 Å². The summed E-state index contributed by atoms with van der Waals surface area (Å²) in [5.74, 6) is 1.64. The average Bonchev–Trinajstić information content (AvgIpc) is 2.36. The summed E-state index contributed by atoms with van der Waals surface area (Å²) in [5.41, 5.74) is 0.534. The number of nitrogens with one attached hydrogen (secondary N) is 1. The number of hydrogen-bond donors (Lipinski definition) is 1. The first-order valence-electron chi connectivity index (χ1n) is 8.80. The highest BCUT2D eigenvalue weighted by atomic mass is 15.1. The molecule has 120 valence electrons. The lowest BCUT2D eigenvalue weighted by molar-refractivity contribution is 0.104. The molecule has 1 N–H and O–H groups in total. The first-order chi connectivity index (χ1) is 9.38. The summed E-state index contributed by atoms with van der Waals surface area (Å²) in [4.78, 5) is 2.57. The minimum Gasteiger partial charge on any atom is -0.314 e. The van der Waals surface area contributed by atoms with Crippen molar-refractivity contribution in [1.82, 2.24) is 10.2 Å². The van der Waals surface area contributed by atoms with Crippen LogP contribution in [0.15, 0.2) is 0 Å². The van der Waals surface area contributed by atoms with Crippen LogP contribution in [0.4, 0.5) is 0 Å². The van der Waals surface area contributed by atoms with Gasteiger partial charge in [-0.1, -0.05) is 41.0 Å². The van der Waals surface area contributed by atoms with E-state index in [9.17, 15) is 0 Å². The van der Waals surface area contributed by atoms with E-state index in [1.807, 2.05) is 0 Å². The van der Waals surface area contributed by atoms with Gasteiger partial charge < -0.3 is 10.2 Å². The van der Waals surface area contributed by atoms with Crippen LogP contribution in [0.5, 0.6) is 0 Å². The lowest BCUT2D eigenvalue weighted by Gasteiger charge is -2.43. The van der Waals surface area contributed by atoms with Crippen LogP contribution in [-0.4, -0.2) is 37.6 Å². The van der Waals surface area contributed by atoms with Gasteiger partial charge in [0.15, 0.2) is 0 Å². The third kappa shape index (κ3) is 6.13. The predicted octanol–water partition coefficient (Wildman–Crippen LogP) is 4.16. The maximum atomic E-state index is 3.81. The number of rotatable bonds is 8. The van der Waals surface area contributed by atoms with Gasteiger partial charge in [-0.15, -0.1) is 0 Å². The Labute approximate surface area is 127 Å². The van der Waals surface area contributed by atoms with Crippen LogP contribution in [0.25, 0.3) is 0 Å². The van der Waals surface area contributed by atoms with Gasteiger partial charge in [0.05, 0.1) is 0 Å². The Morgan fingerprint density at radius 1 is 1.30 bits per heavy atom. The van der Waals surface area contributed by atoms with Gasteiger partial charge in [-0.05, 0) is 56.5 Å². The second kappa shape index (κ2) is 8.38. The maximum Gasteiger partial charge on any atom is 0.0108 e. The Balaban J connectivity index is 2.54. The summed E-state index contributed by atoms with van der Waals surface area (Å²) in [6.45, 7) is 15.5. The van der Waals surface area contributed by atoms with E-state index in [4.69, 9.17) is 0 Å². The zero-order valence-corrected chi connectivity index (χ0v) is 14.8. The summed E-state index contributed by atoms with van der Waals surface area (Å²) < 4.78 is 0. The highest BCUT2D eigenvalue weighted by Crippen LogP contribution is 2.39. The molecule has 2 nitrogen and oxygen atoms in total. The minimum atomic E-state index is 0.534. The molecular weight excluding hydrogens is 244 g/mol. The molecule has 0 radical (unpaired) electrons. The van der Waals surface area contributed by atoms with Crippen molar-refractivity contribution < 1.29 is 0 Å². The summed E-state index contributed by atoms with van der Waals surface area (Å²) in [5, 5.41) is 3.81. The molecule has 0 amide bonds. The molecule has 0 spiro atoms. The first kappa shape index (κ1) is 18.0. The quantitative estimate of drug-likeness (QED) is 0.719. The van der Waals surface area contributed by atoms with Crippen molar-refractivity contribution in [2.45, 2.75) is 72.8 Å². The van der Waals surface area contributed by atoms with Crippen molar-refractivity contribution in [3.8, 4) is 0 Å². The summed E-state index contributed by atoms with van der Waals surface area (Å²) in [7, 11) is 2.31. The van der Waals surface area contributed by atoms with E-state index in [0.29, 0.717) is 5.41 Å². The van der Waals surface area contributed by atoms with Gasteiger partial charge in [0.2, 0.25) is 0 Å². The Hall–Kier alpha value is -0.0800. The zero-order chi connectivity index (χ0) is 15.2.